The van der Waals surface area contributed by atoms with Gasteiger partial charge in [-0.15, -0.1) is 0 Å². The average Bonchev–Trinajstić information content (AvgIpc) is 3.05. The molecular weight excluding hydrogens is 256 g/mol. The Kier molecular flexibility index (Phi) is 2.76. The maximum Gasteiger partial charge on any atom is 0.326 e. The van der Waals surface area contributed by atoms with Gasteiger partial charge in [-0.25, -0.2) is 0 Å². The summed E-state index contributed by atoms with van der Waals surface area (Å²) in [5, 5.41) is 1.08. The molecule has 5 nitrogen and oxygen atoms in total. The van der Waals surface area contributed by atoms with E-state index in [1.807, 2.05) is 36.0 Å². The van der Waals surface area contributed by atoms with Gasteiger partial charge in [-0.2, -0.15) is 0 Å². The number of nitrogens with two attached hydrogens (primary N) is 1. The summed E-state index contributed by atoms with van der Waals surface area (Å²) in [4.78, 5) is 11.8. The van der Waals surface area contributed by atoms with Crippen molar-refractivity contribution in [3.05, 3.63) is 30.0 Å². The number of methoxy groups -OCH3 is 2. The number of benzene rings is 1. The summed E-state index contributed by atoms with van der Waals surface area (Å²) in [6.45, 7) is 0. The summed E-state index contributed by atoms with van der Waals surface area (Å²) in [6, 6.07) is 5.92. The monoisotopic (exact) mass is 274 g/mol. The highest BCUT2D eigenvalue weighted by molar-refractivity contribution is 5.92. The van der Waals surface area contributed by atoms with Crippen LogP contribution in [-0.4, -0.2) is 30.3 Å². The molecule has 2 atom stereocenters. The van der Waals surface area contributed by atoms with E-state index in [1.54, 1.807) is 7.11 Å². The summed E-state index contributed by atoms with van der Waals surface area (Å²) in [7, 11) is 5.00. The van der Waals surface area contributed by atoms with Gasteiger partial charge >= 0.3 is 5.97 Å². The highest BCUT2D eigenvalue weighted by atomic mass is 16.5. The molecule has 1 aliphatic rings. The van der Waals surface area contributed by atoms with Gasteiger partial charge in [0.25, 0.3) is 0 Å². The van der Waals surface area contributed by atoms with E-state index < -0.39 is 5.54 Å². The maximum absolute atomic E-state index is 11.8. The fraction of sp³-hybridized carbons (Fsp3) is 0.400. The molecule has 0 radical (unpaired) electrons. The lowest BCUT2D eigenvalue weighted by Crippen LogP contribution is -2.35. The molecular formula is C15H18N2O3. The first kappa shape index (κ1) is 13.0. The number of hydrogen-bond donors (Lipinski definition) is 1. The molecule has 1 saturated carbocycles. The standard InChI is InChI=1S/C15H18N2O3/c1-17-8-11(12-7-15(12,16)14(18)20-3)10-6-9(19-2)4-5-13(10)17/h4-6,8,12H,7,16H2,1-3H3. The summed E-state index contributed by atoms with van der Waals surface area (Å²) in [5.41, 5.74) is 7.43. The Morgan fingerprint density at radius 3 is 2.85 bits per heavy atom. The number of ether oxygens (including phenoxy) is 2. The van der Waals surface area contributed by atoms with Crippen molar-refractivity contribution >= 4 is 16.9 Å². The molecule has 0 aliphatic heterocycles. The molecule has 1 aromatic carbocycles. The van der Waals surface area contributed by atoms with E-state index in [0.29, 0.717) is 6.42 Å². The summed E-state index contributed by atoms with van der Waals surface area (Å²) in [5.74, 6) is 0.458. The van der Waals surface area contributed by atoms with Crippen molar-refractivity contribution in [3.63, 3.8) is 0 Å². The molecule has 5 heteroatoms. The number of fused-ring (bicyclic) bond motifs is 1. The second kappa shape index (κ2) is 4.24. The van der Waals surface area contributed by atoms with Gasteiger partial charge in [0, 0.05) is 30.1 Å². The lowest BCUT2D eigenvalue weighted by Gasteiger charge is -2.08. The molecule has 0 spiro atoms. The first-order valence-electron chi connectivity index (χ1n) is 6.51. The van der Waals surface area contributed by atoms with Crippen LogP contribution in [0.15, 0.2) is 24.4 Å². The highest BCUT2D eigenvalue weighted by Crippen LogP contribution is 2.52. The van der Waals surface area contributed by atoms with Crippen molar-refractivity contribution in [1.29, 1.82) is 0 Å². The van der Waals surface area contributed by atoms with E-state index in [0.717, 1.165) is 22.2 Å². The Balaban J connectivity index is 2.07. The van der Waals surface area contributed by atoms with Crippen molar-refractivity contribution in [2.45, 2.75) is 17.9 Å². The van der Waals surface area contributed by atoms with Gasteiger partial charge < -0.3 is 19.8 Å². The number of carbonyl (C=O) groups is 1. The predicted octanol–water partition coefficient (Wildman–Crippen LogP) is 1.54. The van der Waals surface area contributed by atoms with Crippen LogP contribution in [0, 0.1) is 0 Å². The lowest BCUT2D eigenvalue weighted by atomic mass is 10.1. The Labute approximate surface area is 117 Å². The van der Waals surface area contributed by atoms with Crippen LogP contribution in [0.2, 0.25) is 0 Å². The van der Waals surface area contributed by atoms with E-state index >= 15 is 0 Å². The van der Waals surface area contributed by atoms with Crippen LogP contribution in [0.4, 0.5) is 0 Å². The molecule has 0 amide bonds. The number of nitrogens with zero attached hydrogens (tertiary/aromatic N) is 1. The topological polar surface area (TPSA) is 66.5 Å². The van der Waals surface area contributed by atoms with E-state index in [-0.39, 0.29) is 11.9 Å². The maximum atomic E-state index is 11.8. The number of aromatic nitrogens is 1. The third-order valence-electron chi connectivity index (χ3n) is 4.17. The van der Waals surface area contributed by atoms with Crippen molar-refractivity contribution in [2.24, 2.45) is 12.8 Å². The zero-order chi connectivity index (χ0) is 14.5. The van der Waals surface area contributed by atoms with Crippen LogP contribution in [0.5, 0.6) is 5.75 Å². The molecule has 2 unspecified atom stereocenters. The van der Waals surface area contributed by atoms with Crippen molar-refractivity contribution in [3.8, 4) is 5.75 Å². The largest absolute Gasteiger partial charge is 0.497 e. The van der Waals surface area contributed by atoms with Crippen molar-refractivity contribution in [2.75, 3.05) is 14.2 Å². The van der Waals surface area contributed by atoms with Gasteiger partial charge in [0.2, 0.25) is 0 Å². The fourth-order valence-corrected chi connectivity index (χ4v) is 2.89. The fourth-order valence-electron chi connectivity index (χ4n) is 2.89. The molecule has 20 heavy (non-hydrogen) atoms. The molecule has 106 valence electrons. The smallest absolute Gasteiger partial charge is 0.326 e. The van der Waals surface area contributed by atoms with E-state index in [1.165, 1.54) is 7.11 Å². The predicted molar refractivity (Wildman–Crippen MR) is 75.8 cm³/mol. The van der Waals surface area contributed by atoms with Gasteiger partial charge in [0.15, 0.2) is 0 Å². The molecule has 1 heterocycles. The second-order valence-corrected chi connectivity index (χ2v) is 5.37. The lowest BCUT2D eigenvalue weighted by molar-refractivity contribution is -0.143. The molecule has 0 bridgehead atoms. The Bertz CT molecular complexity index is 692. The Morgan fingerprint density at radius 2 is 2.20 bits per heavy atom. The summed E-state index contributed by atoms with van der Waals surface area (Å²) in [6.07, 6.45) is 2.66. The first-order valence-corrected chi connectivity index (χ1v) is 6.51. The number of esters is 1. The summed E-state index contributed by atoms with van der Waals surface area (Å²) < 4.78 is 12.1. The van der Waals surface area contributed by atoms with Gasteiger partial charge in [0.05, 0.1) is 14.2 Å². The van der Waals surface area contributed by atoms with Crippen molar-refractivity contribution in [1.82, 2.24) is 4.57 Å². The molecule has 1 fully saturated rings. The zero-order valence-corrected chi connectivity index (χ0v) is 11.8. The van der Waals surface area contributed by atoms with Gasteiger partial charge in [-0.3, -0.25) is 4.79 Å². The Morgan fingerprint density at radius 1 is 1.45 bits per heavy atom. The minimum Gasteiger partial charge on any atom is -0.497 e. The summed E-state index contributed by atoms with van der Waals surface area (Å²) >= 11 is 0. The Hall–Kier alpha value is -2.01. The third kappa shape index (κ3) is 1.70. The number of aryl methyl sites for hydroxylation is 1. The van der Waals surface area contributed by atoms with Crippen LogP contribution in [-0.2, 0) is 16.6 Å². The van der Waals surface area contributed by atoms with Crippen LogP contribution in [0.25, 0.3) is 10.9 Å². The highest BCUT2D eigenvalue weighted by Gasteiger charge is 2.59. The van der Waals surface area contributed by atoms with Gasteiger partial charge in [0.1, 0.15) is 11.3 Å². The third-order valence-corrected chi connectivity index (χ3v) is 4.17. The van der Waals surface area contributed by atoms with Crippen LogP contribution in [0.3, 0.4) is 0 Å². The molecule has 3 rings (SSSR count). The van der Waals surface area contributed by atoms with Crippen LogP contribution >= 0.6 is 0 Å². The SMILES string of the molecule is COC(=O)C1(N)CC1c1cn(C)c2ccc(OC)cc12. The number of rotatable bonds is 3. The van der Waals surface area contributed by atoms with Crippen LogP contribution in [0.1, 0.15) is 17.9 Å². The minimum absolute atomic E-state index is 0.00533. The van der Waals surface area contributed by atoms with Gasteiger partial charge in [-0.1, -0.05) is 0 Å². The second-order valence-electron chi connectivity index (χ2n) is 5.37. The van der Waals surface area contributed by atoms with E-state index in [2.05, 4.69) is 0 Å². The first-order chi connectivity index (χ1) is 9.51. The number of hydrogen-bond acceptors (Lipinski definition) is 4. The normalized spacial score (nSPS) is 24.7. The van der Waals surface area contributed by atoms with Crippen LogP contribution < -0.4 is 10.5 Å². The van der Waals surface area contributed by atoms with Gasteiger partial charge in [-0.05, 0) is 30.2 Å². The average molecular weight is 274 g/mol. The molecule has 2 N–H and O–H groups in total. The van der Waals surface area contributed by atoms with E-state index in [4.69, 9.17) is 15.2 Å². The minimum atomic E-state index is -0.883. The molecule has 1 aliphatic carbocycles. The zero-order valence-electron chi connectivity index (χ0n) is 11.8. The van der Waals surface area contributed by atoms with E-state index in [9.17, 15) is 4.79 Å². The molecule has 2 aromatic rings. The van der Waals surface area contributed by atoms with Crippen molar-refractivity contribution < 1.29 is 14.3 Å². The molecule has 0 saturated heterocycles. The number of carbonyl (C=O) groups excluding carboxylic acids is 1. The molecule has 1 aromatic heterocycles. The quantitative estimate of drug-likeness (QED) is 0.862.